The maximum absolute atomic E-state index is 12.9. The monoisotopic (exact) mass is 402 g/mol. The van der Waals surface area contributed by atoms with Crippen molar-refractivity contribution in [2.75, 3.05) is 6.61 Å². The van der Waals surface area contributed by atoms with Crippen LogP contribution < -0.4 is 10.1 Å². The van der Waals surface area contributed by atoms with E-state index < -0.39 is 6.04 Å². The van der Waals surface area contributed by atoms with Crippen LogP contribution in [-0.2, 0) is 16.1 Å². The number of nitrogens with one attached hydrogen (secondary N) is 1. The Hall–Kier alpha value is -2.53. The zero-order chi connectivity index (χ0) is 20.7. The summed E-state index contributed by atoms with van der Waals surface area (Å²) in [6.07, 6.45) is 0. The van der Waals surface area contributed by atoms with Crippen molar-refractivity contribution in [1.29, 1.82) is 0 Å². The highest BCUT2D eigenvalue weighted by molar-refractivity contribution is 6.31. The molecule has 0 saturated carbocycles. The molecule has 2 rings (SSSR count). The quantitative estimate of drug-likeness (QED) is 0.726. The van der Waals surface area contributed by atoms with E-state index in [9.17, 15) is 9.59 Å². The molecule has 0 aliphatic rings. The third-order valence-electron chi connectivity index (χ3n) is 4.28. The Labute approximate surface area is 171 Å². The fraction of sp³-hybridized carbons (Fsp3) is 0.364. The lowest BCUT2D eigenvalue weighted by atomic mass is 10.1. The Morgan fingerprint density at radius 3 is 2.32 bits per heavy atom. The second-order valence-electron chi connectivity index (χ2n) is 7.05. The number of hydrogen-bond acceptors (Lipinski definition) is 3. The number of carbonyl (C=O) groups is 2. The molecule has 0 heterocycles. The Kier molecular flexibility index (Phi) is 7.88. The van der Waals surface area contributed by atoms with Crippen molar-refractivity contribution in [1.82, 2.24) is 10.2 Å². The van der Waals surface area contributed by atoms with Crippen LogP contribution in [0, 0.1) is 6.92 Å². The van der Waals surface area contributed by atoms with Gasteiger partial charge in [0.25, 0.3) is 5.91 Å². The highest BCUT2D eigenvalue weighted by atomic mass is 35.5. The molecule has 5 nitrogen and oxygen atoms in total. The lowest BCUT2D eigenvalue weighted by Crippen LogP contribution is -2.50. The van der Waals surface area contributed by atoms with Crippen LogP contribution >= 0.6 is 11.6 Å². The number of halogens is 1. The highest BCUT2D eigenvalue weighted by Crippen LogP contribution is 2.19. The van der Waals surface area contributed by atoms with Crippen LogP contribution in [0.5, 0.6) is 5.75 Å². The number of carbonyl (C=O) groups excluding carboxylic acids is 2. The smallest absolute Gasteiger partial charge is 0.261 e. The largest absolute Gasteiger partial charge is 0.484 e. The van der Waals surface area contributed by atoms with Gasteiger partial charge in [0.15, 0.2) is 6.61 Å². The first kappa shape index (κ1) is 21.8. The van der Waals surface area contributed by atoms with E-state index in [2.05, 4.69) is 5.32 Å². The number of ether oxygens (including phenoxy) is 1. The van der Waals surface area contributed by atoms with E-state index in [0.29, 0.717) is 10.8 Å². The molecule has 1 N–H and O–H groups in total. The second kappa shape index (κ2) is 10.1. The molecule has 6 heteroatoms. The van der Waals surface area contributed by atoms with Gasteiger partial charge in [-0.15, -0.1) is 0 Å². The summed E-state index contributed by atoms with van der Waals surface area (Å²) in [6, 6.07) is 14.1. The van der Waals surface area contributed by atoms with Gasteiger partial charge in [-0.25, -0.2) is 0 Å². The Bertz CT molecular complexity index is 806. The van der Waals surface area contributed by atoms with Crippen molar-refractivity contribution < 1.29 is 14.3 Å². The number of amides is 2. The van der Waals surface area contributed by atoms with Gasteiger partial charge < -0.3 is 15.0 Å². The van der Waals surface area contributed by atoms with Crippen LogP contribution in [0.2, 0.25) is 5.02 Å². The van der Waals surface area contributed by atoms with Gasteiger partial charge in [0.1, 0.15) is 11.8 Å². The van der Waals surface area contributed by atoms with Gasteiger partial charge in [0, 0.05) is 17.6 Å². The van der Waals surface area contributed by atoms with Crippen LogP contribution in [0.3, 0.4) is 0 Å². The molecule has 0 fully saturated rings. The fourth-order valence-corrected chi connectivity index (χ4v) is 2.86. The maximum atomic E-state index is 12.9. The van der Waals surface area contributed by atoms with Gasteiger partial charge in [-0.1, -0.05) is 47.5 Å². The van der Waals surface area contributed by atoms with E-state index >= 15 is 0 Å². The van der Waals surface area contributed by atoms with Gasteiger partial charge in [0.2, 0.25) is 5.91 Å². The first-order valence-corrected chi connectivity index (χ1v) is 9.68. The molecule has 1 atom stereocenters. The number of aryl methyl sites for hydroxylation is 1. The molecule has 0 saturated heterocycles. The van der Waals surface area contributed by atoms with E-state index in [-0.39, 0.29) is 31.0 Å². The van der Waals surface area contributed by atoms with Crippen molar-refractivity contribution in [2.45, 2.75) is 46.3 Å². The molecule has 150 valence electrons. The van der Waals surface area contributed by atoms with Crippen molar-refractivity contribution in [3.63, 3.8) is 0 Å². The molecule has 2 aromatic rings. The predicted molar refractivity (Wildman–Crippen MR) is 111 cm³/mol. The minimum atomic E-state index is -0.659. The summed E-state index contributed by atoms with van der Waals surface area (Å²) in [5, 5.41) is 3.40. The van der Waals surface area contributed by atoms with Gasteiger partial charge in [0.05, 0.1) is 0 Å². The minimum absolute atomic E-state index is 0.0176. The summed E-state index contributed by atoms with van der Waals surface area (Å²) in [6.45, 7) is 7.51. The second-order valence-corrected chi connectivity index (χ2v) is 7.46. The molecule has 0 spiro atoms. The number of rotatable bonds is 8. The van der Waals surface area contributed by atoms with Crippen LogP contribution in [0.15, 0.2) is 48.5 Å². The summed E-state index contributed by atoms with van der Waals surface area (Å²) in [5.74, 6) is 0.105. The maximum Gasteiger partial charge on any atom is 0.261 e. The van der Waals surface area contributed by atoms with Gasteiger partial charge in [-0.3, -0.25) is 9.59 Å². The Balaban J connectivity index is 2.15. The topological polar surface area (TPSA) is 58.6 Å². The Morgan fingerprint density at radius 2 is 1.71 bits per heavy atom. The predicted octanol–water partition coefficient (Wildman–Crippen LogP) is 3.97. The average Bonchev–Trinajstić information content (AvgIpc) is 2.65. The Morgan fingerprint density at radius 1 is 1.07 bits per heavy atom. The summed E-state index contributed by atoms with van der Waals surface area (Å²) in [4.78, 5) is 26.9. The highest BCUT2D eigenvalue weighted by Gasteiger charge is 2.27. The summed E-state index contributed by atoms with van der Waals surface area (Å²) < 4.78 is 5.63. The molecule has 2 aromatic carbocycles. The average molecular weight is 403 g/mol. The number of hydrogen-bond donors (Lipinski definition) is 1. The first-order chi connectivity index (χ1) is 13.3. The van der Waals surface area contributed by atoms with E-state index in [1.54, 1.807) is 13.0 Å². The number of benzene rings is 2. The fourth-order valence-electron chi connectivity index (χ4n) is 2.66. The van der Waals surface area contributed by atoms with Gasteiger partial charge in [-0.2, -0.15) is 0 Å². The molecular formula is C22H27ClN2O3. The third kappa shape index (κ3) is 6.27. The zero-order valence-corrected chi connectivity index (χ0v) is 17.5. The molecule has 0 aliphatic carbocycles. The van der Waals surface area contributed by atoms with E-state index in [0.717, 1.165) is 11.1 Å². The lowest BCUT2D eigenvalue weighted by Gasteiger charge is -2.29. The van der Waals surface area contributed by atoms with Gasteiger partial charge >= 0.3 is 0 Å². The van der Waals surface area contributed by atoms with Crippen LogP contribution in [0.25, 0.3) is 0 Å². The third-order valence-corrected chi connectivity index (χ3v) is 4.65. The first-order valence-electron chi connectivity index (χ1n) is 9.30. The number of nitrogens with zero attached hydrogens (tertiary/aromatic N) is 1. The van der Waals surface area contributed by atoms with Gasteiger partial charge in [-0.05, 0) is 51.5 Å². The molecule has 0 radical (unpaired) electrons. The summed E-state index contributed by atoms with van der Waals surface area (Å²) in [5.41, 5.74) is 1.88. The lowest BCUT2D eigenvalue weighted by molar-refractivity contribution is -0.142. The van der Waals surface area contributed by atoms with E-state index in [4.69, 9.17) is 16.3 Å². The molecule has 2 amide bonds. The van der Waals surface area contributed by atoms with Crippen LogP contribution in [0.4, 0.5) is 0 Å². The normalized spacial score (nSPS) is 11.8. The molecule has 0 bridgehead atoms. The van der Waals surface area contributed by atoms with Crippen molar-refractivity contribution >= 4 is 23.4 Å². The van der Waals surface area contributed by atoms with Crippen LogP contribution in [0.1, 0.15) is 31.9 Å². The standard InChI is InChI=1S/C22H27ClN2O3/c1-15(2)24-22(27)17(4)25(13-18-7-5-6-8-20(18)23)21(26)14-28-19-11-9-16(3)10-12-19/h5-12,15,17H,13-14H2,1-4H3,(H,24,27)/t17-/m0/s1. The van der Waals surface area contributed by atoms with Crippen molar-refractivity contribution in [3.05, 3.63) is 64.7 Å². The summed E-state index contributed by atoms with van der Waals surface area (Å²) in [7, 11) is 0. The van der Waals surface area contributed by atoms with Crippen molar-refractivity contribution in [2.24, 2.45) is 0 Å². The molecular weight excluding hydrogens is 376 g/mol. The molecule has 0 unspecified atom stereocenters. The SMILES string of the molecule is Cc1ccc(OCC(=O)N(Cc2ccccc2Cl)[C@@H](C)C(=O)NC(C)C)cc1. The molecule has 0 aliphatic heterocycles. The minimum Gasteiger partial charge on any atom is -0.484 e. The zero-order valence-electron chi connectivity index (χ0n) is 16.7. The summed E-state index contributed by atoms with van der Waals surface area (Å²) >= 11 is 6.26. The van der Waals surface area contributed by atoms with E-state index in [1.165, 1.54) is 4.90 Å². The van der Waals surface area contributed by atoms with Crippen molar-refractivity contribution in [3.8, 4) is 5.75 Å². The van der Waals surface area contributed by atoms with Crippen LogP contribution in [-0.4, -0.2) is 35.4 Å². The molecule has 28 heavy (non-hydrogen) atoms. The van der Waals surface area contributed by atoms with E-state index in [1.807, 2.05) is 63.2 Å². The molecule has 0 aromatic heterocycles.